The highest BCUT2D eigenvalue weighted by molar-refractivity contribution is 5.74. The van der Waals surface area contributed by atoms with Gasteiger partial charge in [-0.1, -0.05) is 0 Å². The van der Waals surface area contributed by atoms with Crippen LogP contribution in [0.3, 0.4) is 0 Å². The zero-order chi connectivity index (χ0) is 16.5. The fraction of sp³-hybridized carbons (Fsp3) is 0.467. The van der Waals surface area contributed by atoms with Crippen molar-refractivity contribution in [3.8, 4) is 11.5 Å². The molecule has 1 aromatic carbocycles. The summed E-state index contributed by atoms with van der Waals surface area (Å²) >= 11 is 0. The summed E-state index contributed by atoms with van der Waals surface area (Å²) in [5.74, 6) is 0.447. The summed E-state index contributed by atoms with van der Waals surface area (Å²) in [5.41, 5.74) is 0.794. The molecule has 0 spiro atoms. The van der Waals surface area contributed by atoms with Gasteiger partial charge in [0.05, 0.1) is 20.3 Å². The average molecular weight is 310 g/mol. The second-order valence-electron chi connectivity index (χ2n) is 4.73. The monoisotopic (exact) mass is 310 g/mol. The molecule has 0 radical (unpaired) electrons. The lowest BCUT2D eigenvalue weighted by Gasteiger charge is -2.18. The molecule has 7 nitrogen and oxygen atoms in total. The number of ether oxygens (including phenoxy) is 2. The van der Waals surface area contributed by atoms with Crippen molar-refractivity contribution in [3.05, 3.63) is 23.8 Å². The summed E-state index contributed by atoms with van der Waals surface area (Å²) in [5, 5.41) is 13.9. The zero-order valence-corrected chi connectivity index (χ0v) is 13.0. The highest BCUT2D eigenvalue weighted by Crippen LogP contribution is 2.29. The normalized spacial score (nSPS) is 11.4. The van der Waals surface area contributed by atoms with E-state index in [2.05, 4.69) is 10.6 Å². The predicted molar refractivity (Wildman–Crippen MR) is 81.4 cm³/mol. The van der Waals surface area contributed by atoms with E-state index in [1.54, 1.807) is 32.4 Å². The van der Waals surface area contributed by atoms with E-state index in [1.807, 2.05) is 6.92 Å². The van der Waals surface area contributed by atoms with Crippen molar-refractivity contribution in [2.45, 2.75) is 25.8 Å². The molecule has 0 saturated carbocycles. The number of methoxy groups -OCH3 is 2. The van der Waals surface area contributed by atoms with Crippen molar-refractivity contribution in [1.82, 2.24) is 10.6 Å². The summed E-state index contributed by atoms with van der Waals surface area (Å²) in [7, 11) is 3.13. The van der Waals surface area contributed by atoms with Gasteiger partial charge in [0.1, 0.15) is 11.5 Å². The SMILES string of the molecule is COc1ccc(OC)c(C(C)NC(=O)NCCCC(=O)O)c1. The molecular formula is C15H22N2O5. The standard InChI is InChI=1S/C15H22N2O5/c1-10(17-15(20)16-8-4-5-14(18)19)12-9-11(21-2)6-7-13(12)22-3/h6-7,9-10H,4-5,8H2,1-3H3,(H,18,19)(H2,16,17,20). The van der Waals surface area contributed by atoms with Gasteiger partial charge in [0.2, 0.25) is 0 Å². The van der Waals surface area contributed by atoms with Crippen molar-refractivity contribution >= 4 is 12.0 Å². The Kier molecular flexibility index (Phi) is 7.01. The van der Waals surface area contributed by atoms with Crippen LogP contribution in [0.1, 0.15) is 31.4 Å². The third-order valence-corrected chi connectivity index (χ3v) is 3.10. The van der Waals surface area contributed by atoms with Crippen LogP contribution in [0.15, 0.2) is 18.2 Å². The van der Waals surface area contributed by atoms with Gasteiger partial charge in [-0.05, 0) is 31.5 Å². The van der Waals surface area contributed by atoms with Crippen molar-refractivity contribution in [1.29, 1.82) is 0 Å². The van der Waals surface area contributed by atoms with Gasteiger partial charge in [0.25, 0.3) is 0 Å². The molecule has 22 heavy (non-hydrogen) atoms. The lowest BCUT2D eigenvalue weighted by molar-refractivity contribution is -0.137. The van der Waals surface area contributed by atoms with E-state index >= 15 is 0 Å². The number of urea groups is 1. The molecule has 2 amide bonds. The van der Waals surface area contributed by atoms with Gasteiger partial charge < -0.3 is 25.2 Å². The number of benzene rings is 1. The molecule has 1 aromatic rings. The number of carbonyl (C=O) groups is 2. The number of rotatable bonds is 8. The van der Waals surface area contributed by atoms with Crippen LogP contribution >= 0.6 is 0 Å². The fourth-order valence-electron chi connectivity index (χ4n) is 1.94. The van der Waals surface area contributed by atoms with Crippen LogP contribution in [-0.2, 0) is 4.79 Å². The number of aliphatic carboxylic acids is 1. The number of carboxylic acid groups (broad SMARTS) is 1. The van der Waals surface area contributed by atoms with Crippen LogP contribution in [0.5, 0.6) is 11.5 Å². The summed E-state index contributed by atoms with van der Waals surface area (Å²) in [4.78, 5) is 22.2. The summed E-state index contributed by atoms with van der Waals surface area (Å²) < 4.78 is 10.5. The van der Waals surface area contributed by atoms with Gasteiger partial charge in [0, 0.05) is 18.5 Å². The second kappa shape index (κ2) is 8.76. The van der Waals surface area contributed by atoms with E-state index in [0.29, 0.717) is 24.5 Å². The third-order valence-electron chi connectivity index (χ3n) is 3.10. The van der Waals surface area contributed by atoms with Crippen molar-refractivity contribution in [2.75, 3.05) is 20.8 Å². The first-order valence-corrected chi connectivity index (χ1v) is 6.96. The second-order valence-corrected chi connectivity index (χ2v) is 4.73. The lowest BCUT2D eigenvalue weighted by atomic mass is 10.1. The minimum Gasteiger partial charge on any atom is -0.497 e. The molecule has 1 rings (SSSR count). The number of hydrogen-bond acceptors (Lipinski definition) is 4. The average Bonchev–Trinajstić information content (AvgIpc) is 2.50. The van der Waals surface area contributed by atoms with E-state index in [9.17, 15) is 9.59 Å². The zero-order valence-electron chi connectivity index (χ0n) is 13.0. The predicted octanol–water partition coefficient (Wildman–Crippen LogP) is 1.93. The molecule has 0 aliphatic rings. The number of carbonyl (C=O) groups excluding carboxylic acids is 1. The summed E-state index contributed by atoms with van der Waals surface area (Å²) in [6.45, 7) is 2.13. The molecule has 0 aliphatic carbocycles. The molecular weight excluding hydrogens is 288 g/mol. The number of nitrogens with one attached hydrogen (secondary N) is 2. The van der Waals surface area contributed by atoms with Crippen LogP contribution in [-0.4, -0.2) is 37.9 Å². The number of amides is 2. The third kappa shape index (κ3) is 5.51. The molecule has 3 N–H and O–H groups in total. The Morgan fingerprint density at radius 1 is 1.27 bits per heavy atom. The van der Waals surface area contributed by atoms with Gasteiger partial charge in [-0.25, -0.2) is 4.79 Å². The maximum Gasteiger partial charge on any atom is 0.315 e. The Hall–Kier alpha value is -2.44. The molecule has 0 heterocycles. The summed E-state index contributed by atoms with van der Waals surface area (Å²) in [6, 6.07) is 4.71. The molecule has 0 saturated heterocycles. The summed E-state index contributed by atoms with van der Waals surface area (Å²) in [6.07, 6.45) is 0.416. The molecule has 0 aromatic heterocycles. The van der Waals surface area contributed by atoms with E-state index in [0.717, 1.165) is 5.56 Å². The van der Waals surface area contributed by atoms with Crippen molar-refractivity contribution in [3.63, 3.8) is 0 Å². The molecule has 7 heteroatoms. The van der Waals surface area contributed by atoms with Gasteiger partial charge >= 0.3 is 12.0 Å². The minimum atomic E-state index is -0.878. The molecule has 122 valence electrons. The minimum absolute atomic E-state index is 0.0273. The first-order valence-electron chi connectivity index (χ1n) is 6.96. The molecule has 0 bridgehead atoms. The maximum absolute atomic E-state index is 11.8. The highest BCUT2D eigenvalue weighted by atomic mass is 16.5. The molecule has 0 aliphatic heterocycles. The quantitative estimate of drug-likeness (QED) is 0.637. The van der Waals surface area contributed by atoms with Gasteiger partial charge in [-0.3, -0.25) is 4.79 Å². The van der Waals surface area contributed by atoms with Crippen LogP contribution in [0.2, 0.25) is 0 Å². The van der Waals surface area contributed by atoms with Gasteiger partial charge in [0.15, 0.2) is 0 Å². The van der Waals surface area contributed by atoms with Crippen LogP contribution in [0, 0.1) is 0 Å². The van der Waals surface area contributed by atoms with Crippen molar-refractivity contribution in [2.24, 2.45) is 0 Å². The van der Waals surface area contributed by atoms with Gasteiger partial charge in [-0.2, -0.15) is 0 Å². The maximum atomic E-state index is 11.8. The molecule has 1 unspecified atom stereocenters. The smallest absolute Gasteiger partial charge is 0.315 e. The van der Waals surface area contributed by atoms with Crippen molar-refractivity contribution < 1.29 is 24.2 Å². The Bertz CT molecular complexity index is 519. The Morgan fingerprint density at radius 3 is 2.59 bits per heavy atom. The first-order chi connectivity index (χ1) is 10.5. The van der Waals surface area contributed by atoms with Crippen LogP contribution < -0.4 is 20.1 Å². The van der Waals surface area contributed by atoms with E-state index in [1.165, 1.54) is 0 Å². The lowest BCUT2D eigenvalue weighted by Crippen LogP contribution is -2.37. The van der Waals surface area contributed by atoms with E-state index in [-0.39, 0.29) is 18.5 Å². The van der Waals surface area contributed by atoms with E-state index < -0.39 is 5.97 Å². The topological polar surface area (TPSA) is 96.9 Å². The number of hydrogen-bond donors (Lipinski definition) is 3. The highest BCUT2D eigenvalue weighted by Gasteiger charge is 2.15. The molecule has 0 fully saturated rings. The van der Waals surface area contributed by atoms with Gasteiger partial charge in [-0.15, -0.1) is 0 Å². The largest absolute Gasteiger partial charge is 0.497 e. The Morgan fingerprint density at radius 2 is 2.00 bits per heavy atom. The number of carboxylic acids is 1. The fourth-order valence-corrected chi connectivity index (χ4v) is 1.94. The Labute approximate surface area is 129 Å². The van der Waals surface area contributed by atoms with Crippen LogP contribution in [0.4, 0.5) is 4.79 Å². The van der Waals surface area contributed by atoms with Crippen LogP contribution in [0.25, 0.3) is 0 Å². The van der Waals surface area contributed by atoms with E-state index in [4.69, 9.17) is 14.6 Å². The molecule has 1 atom stereocenters. The Balaban J connectivity index is 2.58. The first kappa shape index (κ1) is 17.6.